The molecule has 0 unspecified atom stereocenters. The van der Waals surface area contributed by atoms with E-state index in [9.17, 15) is 0 Å². The van der Waals surface area contributed by atoms with E-state index >= 15 is 0 Å². The van der Waals surface area contributed by atoms with Gasteiger partial charge in [-0.1, -0.05) is 0 Å². The number of rotatable bonds is 3. The lowest BCUT2D eigenvalue weighted by atomic mass is 9.80. The largest absolute Gasteiger partial charge is 0.396 e. The fourth-order valence-electron chi connectivity index (χ4n) is 1.58. The molecular weight excluding hydrogens is 156 g/mol. The average Bonchev–Trinajstić information content (AvgIpc) is 2.18. The van der Waals surface area contributed by atoms with Crippen LogP contribution in [0.3, 0.4) is 0 Å². The number of piperidine rings is 1. The van der Waals surface area contributed by atoms with Gasteiger partial charge in [0.15, 0.2) is 0 Å². The second-order valence-corrected chi connectivity index (χ2v) is 3.62. The van der Waals surface area contributed by atoms with Crippen LogP contribution in [0.2, 0.25) is 0 Å². The lowest BCUT2D eigenvalue weighted by Gasteiger charge is -2.38. The van der Waals surface area contributed by atoms with Gasteiger partial charge in [0.05, 0.1) is 13.2 Å². The van der Waals surface area contributed by atoms with Crippen LogP contribution in [0.5, 0.6) is 0 Å². The summed E-state index contributed by atoms with van der Waals surface area (Å²) in [6, 6.07) is 0. The smallest absolute Gasteiger partial charge is 0.0510 e. The first-order valence-electron chi connectivity index (χ1n) is 4.40. The molecule has 0 radical (unpaired) electrons. The van der Waals surface area contributed by atoms with Gasteiger partial charge >= 0.3 is 0 Å². The summed E-state index contributed by atoms with van der Waals surface area (Å²) < 4.78 is 0. The molecule has 0 aliphatic carbocycles. The van der Waals surface area contributed by atoms with Gasteiger partial charge < -0.3 is 15.9 Å². The zero-order chi connectivity index (χ0) is 9.03. The molecule has 0 saturated carbocycles. The normalized spacial score (nSPS) is 24.2. The van der Waals surface area contributed by atoms with Crippen LogP contribution < -0.4 is 5.73 Å². The molecule has 4 heteroatoms. The molecule has 1 rings (SSSR count). The highest BCUT2D eigenvalue weighted by molar-refractivity contribution is 4.84. The summed E-state index contributed by atoms with van der Waals surface area (Å²) in [5, 5.41) is 18.2. The molecule has 72 valence electrons. The van der Waals surface area contributed by atoms with E-state index in [0.717, 1.165) is 25.9 Å². The maximum Gasteiger partial charge on any atom is 0.0510 e. The molecule has 0 aromatic carbocycles. The molecule has 0 bridgehead atoms. The maximum atomic E-state index is 9.09. The summed E-state index contributed by atoms with van der Waals surface area (Å²) in [5.41, 5.74) is 5.23. The molecule has 0 amide bonds. The number of hydrogen-bond donors (Lipinski definition) is 3. The summed E-state index contributed by atoms with van der Waals surface area (Å²) >= 11 is 0. The molecule has 1 aliphatic heterocycles. The molecule has 4 N–H and O–H groups in total. The zero-order valence-corrected chi connectivity index (χ0v) is 7.37. The highest BCUT2D eigenvalue weighted by Gasteiger charge is 2.32. The Labute approximate surface area is 73.0 Å². The molecule has 0 spiro atoms. The van der Waals surface area contributed by atoms with Crippen LogP contribution in [0.15, 0.2) is 0 Å². The Kier molecular flexibility index (Phi) is 3.46. The summed E-state index contributed by atoms with van der Waals surface area (Å²) in [7, 11) is 0. The van der Waals surface area contributed by atoms with Gasteiger partial charge in [-0.25, -0.2) is 0 Å². The van der Waals surface area contributed by atoms with Gasteiger partial charge in [-0.15, -0.1) is 0 Å². The maximum absolute atomic E-state index is 9.09. The number of aliphatic hydroxyl groups excluding tert-OH is 2. The van der Waals surface area contributed by atoms with E-state index in [-0.39, 0.29) is 18.6 Å². The molecular formula is C8H18N2O2. The summed E-state index contributed by atoms with van der Waals surface area (Å²) in [6.45, 7) is 2.52. The van der Waals surface area contributed by atoms with E-state index in [0.29, 0.717) is 6.67 Å². The Morgan fingerprint density at radius 2 is 1.67 bits per heavy atom. The summed E-state index contributed by atoms with van der Waals surface area (Å²) in [5.74, 6) is 0. The van der Waals surface area contributed by atoms with E-state index < -0.39 is 0 Å². The monoisotopic (exact) mass is 174 g/mol. The Morgan fingerprint density at radius 3 is 2.00 bits per heavy atom. The number of nitrogens with zero attached hydrogens (tertiary/aromatic N) is 1. The van der Waals surface area contributed by atoms with Crippen molar-refractivity contribution < 1.29 is 10.2 Å². The third-order valence-electron chi connectivity index (χ3n) is 2.85. The van der Waals surface area contributed by atoms with Crippen molar-refractivity contribution in [1.29, 1.82) is 0 Å². The van der Waals surface area contributed by atoms with Crippen LogP contribution in [0.1, 0.15) is 12.8 Å². The van der Waals surface area contributed by atoms with Gasteiger partial charge in [0.2, 0.25) is 0 Å². The molecule has 1 heterocycles. The highest BCUT2D eigenvalue weighted by atomic mass is 16.3. The van der Waals surface area contributed by atoms with Crippen molar-refractivity contribution in [2.45, 2.75) is 12.8 Å². The van der Waals surface area contributed by atoms with Crippen molar-refractivity contribution in [2.24, 2.45) is 11.1 Å². The molecule has 1 fully saturated rings. The minimum Gasteiger partial charge on any atom is -0.396 e. The molecule has 0 aromatic heterocycles. The summed E-state index contributed by atoms with van der Waals surface area (Å²) in [4.78, 5) is 2.13. The second-order valence-electron chi connectivity index (χ2n) is 3.62. The van der Waals surface area contributed by atoms with Crippen LogP contribution in [-0.2, 0) is 0 Å². The number of aliphatic hydroxyl groups is 2. The average molecular weight is 174 g/mol. The minimum absolute atomic E-state index is 0.0852. The fourth-order valence-corrected chi connectivity index (χ4v) is 1.58. The van der Waals surface area contributed by atoms with Crippen LogP contribution in [0.4, 0.5) is 0 Å². The molecule has 12 heavy (non-hydrogen) atoms. The molecule has 0 atom stereocenters. The van der Waals surface area contributed by atoms with Crippen LogP contribution >= 0.6 is 0 Å². The van der Waals surface area contributed by atoms with E-state index in [4.69, 9.17) is 15.9 Å². The van der Waals surface area contributed by atoms with Gasteiger partial charge in [0, 0.05) is 25.2 Å². The van der Waals surface area contributed by atoms with Crippen LogP contribution in [0, 0.1) is 5.41 Å². The van der Waals surface area contributed by atoms with Crippen molar-refractivity contribution in [3.8, 4) is 0 Å². The SMILES string of the molecule is NCN1CCC(CO)(CO)CC1. The van der Waals surface area contributed by atoms with Crippen LogP contribution in [0.25, 0.3) is 0 Å². The van der Waals surface area contributed by atoms with Crippen molar-refractivity contribution in [3.63, 3.8) is 0 Å². The Hall–Kier alpha value is -0.160. The van der Waals surface area contributed by atoms with Gasteiger partial charge in [-0.05, 0) is 12.8 Å². The third kappa shape index (κ3) is 1.95. The first kappa shape index (κ1) is 9.92. The van der Waals surface area contributed by atoms with Crippen molar-refractivity contribution in [2.75, 3.05) is 33.0 Å². The zero-order valence-electron chi connectivity index (χ0n) is 7.37. The van der Waals surface area contributed by atoms with Gasteiger partial charge in [0.1, 0.15) is 0 Å². The van der Waals surface area contributed by atoms with Crippen LogP contribution in [-0.4, -0.2) is 48.1 Å². The van der Waals surface area contributed by atoms with Gasteiger partial charge in [-0.3, -0.25) is 4.90 Å². The fraction of sp³-hybridized carbons (Fsp3) is 1.00. The van der Waals surface area contributed by atoms with Crippen molar-refractivity contribution in [3.05, 3.63) is 0 Å². The second kappa shape index (κ2) is 4.18. The highest BCUT2D eigenvalue weighted by Crippen LogP contribution is 2.29. The summed E-state index contributed by atoms with van der Waals surface area (Å²) in [6.07, 6.45) is 1.69. The van der Waals surface area contributed by atoms with Gasteiger partial charge in [0.25, 0.3) is 0 Å². The first-order chi connectivity index (χ1) is 5.76. The van der Waals surface area contributed by atoms with Gasteiger partial charge in [-0.2, -0.15) is 0 Å². The number of nitrogens with two attached hydrogens (primary N) is 1. The third-order valence-corrected chi connectivity index (χ3v) is 2.85. The molecule has 4 nitrogen and oxygen atoms in total. The number of hydrogen-bond acceptors (Lipinski definition) is 4. The first-order valence-corrected chi connectivity index (χ1v) is 4.40. The Bertz CT molecular complexity index is 127. The Balaban J connectivity index is 2.42. The predicted octanol–water partition coefficient (Wildman–Crippen LogP) is -1.03. The lowest BCUT2D eigenvalue weighted by Crippen LogP contribution is -2.45. The molecule has 1 aliphatic rings. The minimum atomic E-state index is -0.244. The predicted molar refractivity (Wildman–Crippen MR) is 46.5 cm³/mol. The molecule has 0 aromatic rings. The van der Waals surface area contributed by atoms with Crippen molar-refractivity contribution >= 4 is 0 Å². The van der Waals surface area contributed by atoms with E-state index in [1.807, 2.05) is 0 Å². The number of likely N-dealkylation sites (tertiary alicyclic amines) is 1. The van der Waals surface area contributed by atoms with E-state index in [2.05, 4.69) is 4.90 Å². The van der Waals surface area contributed by atoms with Crippen molar-refractivity contribution in [1.82, 2.24) is 4.90 Å². The standard InChI is InChI=1S/C8H18N2O2/c9-7-10-3-1-8(5-11,6-12)2-4-10/h11-12H,1-7,9H2. The topological polar surface area (TPSA) is 69.7 Å². The van der Waals surface area contributed by atoms with E-state index in [1.54, 1.807) is 0 Å². The quantitative estimate of drug-likeness (QED) is 0.511. The van der Waals surface area contributed by atoms with E-state index in [1.165, 1.54) is 0 Å². The lowest BCUT2D eigenvalue weighted by molar-refractivity contribution is -0.000711. The Morgan fingerprint density at radius 1 is 1.17 bits per heavy atom. The molecule has 1 saturated heterocycles.